The third-order valence-corrected chi connectivity index (χ3v) is 5.78. The second kappa shape index (κ2) is 6.81. The summed E-state index contributed by atoms with van der Waals surface area (Å²) in [5.74, 6) is -0.605. The maximum atomic E-state index is 13.7. The molecule has 0 aliphatic heterocycles. The van der Waals surface area contributed by atoms with E-state index in [2.05, 4.69) is 6.07 Å². The normalized spacial score (nSPS) is 41.4. The highest BCUT2D eigenvalue weighted by Gasteiger charge is 2.36. The molecule has 0 spiro atoms. The molecule has 4 atom stereocenters. The molecule has 0 amide bonds. The van der Waals surface area contributed by atoms with Gasteiger partial charge in [0.15, 0.2) is 0 Å². The van der Waals surface area contributed by atoms with E-state index in [1.54, 1.807) is 6.26 Å². The molecular formula is C14H22FNO2S. The first-order chi connectivity index (χ1) is 9.11. The molecule has 2 saturated carbocycles. The highest BCUT2D eigenvalue weighted by atomic mass is 32.2. The van der Waals surface area contributed by atoms with Gasteiger partial charge in [-0.3, -0.25) is 4.21 Å². The van der Waals surface area contributed by atoms with Gasteiger partial charge in [0, 0.05) is 22.3 Å². The van der Waals surface area contributed by atoms with E-state index in [4.69, 9.17) is 10.00 Å². The van der Waals surface area contributed by atoms with Crippen molar-refractivity contribution in [3.8, 4) is 6.07 Å². The van der Waals surface area contributed by atoms with Gasteiger partial charge in [0.05, 0.1) is 18.3 Å². The Bertz CT molecular complexity index is 363. The summed E-state index contributed by atoms with van der Waals surface area (Å²) in [6.07, 6.45) is 6.26. The smallest absolute Gasteiger partial charge is 0.118 e. The highest BCUT2D eigenvalue weighted by Crippen LogP contribution is 2.33. The summed E-state index contributed by atoms with van der Waals surface area (Å²) in [4.78, 5) is 0. The largest absolute Gasteiger partial charge is 0.374 e. The van der Waals surface area contributed by atoms with Crippen LogP contribution in [0.2, 0.25) is 0 Å². The van der Waals surface area contributed by atoms with Crippen molar-refractivity contribution in [3.05, 3.63) is 0 Å². The number of nitriles is 1. The Labute approximate surface area is 117 Å². The highest BCUT2D eigenvalue weighted by molar-refractivity contribution is 7.84. The van der Waals surface area contributed by atoms with Crippen LogP contribution < -0.4 is 0 Å². The van der Waals surface area contributed by atoms with Crippen LogP contribution in [0.4, 0.5) is 4.39 Å². The lowest BCUT2D eigenvalue weighted by atomic mass is 9.85. The molecule has 2 rings (SSSR count). The fourth-order valence-electron chi connectivity index (χ4n) is 3.17. The second-order valence-corrected chi connectivity index (χ2v) is 7.34. The predicted octanol–water partition coefficient (Wildman–Crippen LogP) is 2.72. The van der Waals surface area contributed by atoms with Gasteiger partial charge in [0.1, 0.15) is 12.1 Å². The molecule has 0 aromatic carbocycles. The summed E-state index contributed by atoms with van der Waals surface area (Å²) >= 11 is 0. The molecule has 2 aliphatic rings. The number of ether oxygens (including phenoxy) is 1. The minimum absolute atomic E-state index is 0.117. The van der Waals surface area contributed by atoms with Gasteiger partial charge >= 0.3 is 0 Å². The van der Waals surface area contributed by atoms with Crippen LogP contribution >= 0.6 is 0 Å². The van der Waals surface area contributed by atoms with E-state index in [1.807, 2.05) is 0 Å². The van der Waals surface area contributed by atoms with Crippen LogP contribution in [-0.2, 0) is 15.5 Å². The Hall–Kier alpha value is -0.470. The first kappa shape index (κ1) is 14.9. The van der Waals surface area contributed by atoms with E-state index in [9.17, 15) is 8.60 Å². The van der Waals surface area contributed by atoms with Gasteiger partial charge in [0.2, 0.25) is 0 Å². The standard InChI is InChI=1S/C14H22FNO2S/c1-19(17)11-7-5-10(6-8-11)18-14-4-2-3-13(15)12(14)9-16/h10-14H,2-8H2,1H3. The molecule has 2 aliphatic carbocycles. The van der Waals surface area contributed by atoms with Gasteiger partial charge in [-0.2, -0.15) is 5.26 Å². The fourth-order valence-corrected chi connectivity index (χ4v) is 4.11. The summed E-state index contributed by atoms with van der Waals surface area (Å²) in [7, 11) is -0.756. The van der Waals surface area contributed by atoms with Gasteiger partial charge in [0.25, 0.3) is 0 Å². The molecule has 3 nitrogen and oxygen atoms in total. The zero-order valence-corrected chi connectivity index (χ0v) is 12.2. The predicted molar refractivity (Wildman–Crippen MR) is 72.8 cm³/mol. The van der Waals surface area contributed by atoms with E-state index in [-0.39, 0.29) is 17.5 Å². The maximum Gasteiger partial charge on any atom is 0.118 e. The molecule has 0 aromatic heterocycles. The Morgan fingerprint density at radius 1 is 1.21 bits per heavy atom. The molecule has 19 heavy (non-hydrogen) atoms. The average molecular weight is 287 g/mol. The number of nitrogens with zero attached hydrogens (tertiary/aromatic N) is 1. The number of rotatable bonds is 3. The quantitative estimate of drug-likeness (QED) is 0.802. The Morgan fingerprint density at radius 3 is 2.47 bits per heavy atom. The Kier molecular flexibility index (Phi) is 5.35. The SMILES string of the molecule is CS(=O)C1CCC(OC2CCCC(F)C2C#N)CC1. The zero-order valence-electron chi connectivity index (χ0n) is 11.4. The first-order valence-corrected chi connectivity index (χ1v) is 8.75. The summed E-state index contributed by atoms with van der Waals surface area (Å²) in [5.41, 5.74) is 0. The van der Waals surface area contributed by atoms with E-state index < -0.39 is 22.9 Å². The molecule has 0 N–H and O–H groups in total. The third-order valence-electron chi connectivity index (χ3n) is 4.37. The van der Waals surface area contributed by atoms with E-state index in [1.165, 1.54) is 0 Å². The van der Waals surface area contributed by atoms with Crippen LogP contribution in [0.3, 0.4) is 0 Å². The minimum atomic E-state index is -1.04. The topological polar surface area (TPSA) is 50.1 Å². The Balaban J connectivity index is 1.85. The molecule has 4 unspecified atom stereocenters. The molecular weight excluding hydrogens is 265 g/mol. The van der Waals surface area contributed by atoms with Gasteiger partial charge in [-0.25, -0.2) is 4.39 Å². The summed E-state index contributed by atoms with van der Waals surface area (Å²) < 4.78 is 31.1. The lowest BCUT2D eigenvalue weighted by Crippen LogP contribution is -2.39. The van der Waals surface area contributed by atoms with Crippen molar-refractivity contribution in [1.82, 2.24) is 0 Å². The number of halogens is 1. The first-order valence-electron chi connectivity index (χ1n) is 7.13. The van der Waals surface area contributed by atoms with E-state index in [0.29, 0.717) is 6.42 Å². The van der Waals surface area contributed by atoms with E-state index in [0.717, 1.165) is 38.5 Å². The van der Waals surface area contributed by atoms with Crippen molar-refractivity contribution in [2.75, 3.05) is 6.26 Å². The number of hydrogen-bond acceptors (Lipinski definition) is 3. The molecule has 2 fully saturated rings. The van der Waals surface area contributed by atoms with Gasteiger partial charge in [-0.15, -0.1) is 0 Å². The van der Waals surface area contributed by atoms with E-state index >= 15 is 0 Å². The van der Waals surface area contributed by atoms with Crippen molar-refractivity contribution in [1.29, 1.82) is 5.26 Å². The van der Waals surface area contributed by atoms with Crippen molar-refractivity contribution >= 4 is 10.8 Å². The zero-order chi connectivity index (χ0) is 13.8. The third kappa shape index (κ3) is 3.76. The minimum Gasteiger partial charge on any atom is -0.374 e. The number of alkyl halides is 1. The molecule has 0 heterocycles. The summed E-state index contributed by atoms with van der Waals surface area (Å²) in [6, 6.07) is 2.07. The van der Waals surface area contributed by atoms with Crippen molar-refractivity contribution in [3.63, 3.8) is 0 Å². The van der Waals surface area contributed by atoms with Gasteiger partial charge in [-0.05, 0) is 44.9 Å². The van der Waals surface area contributed by atoms with Crippen LogP contribution in [0.5, 0.6) is 0 Å². The second-order valence-electron chi connectivity index (χ2n) is 5.67. The van der Waals surface area contributed by atoms with Crippen LogP contribution in [0.1, 0.15) is 44.9 Å². The molecule has 0 aromatic rings. The van der Waals surface area contributed by atoms with Crippen LogP contribution in [0.25, 0.3) is 0 Å². The molecule has 108 valence electrons. The lowest BCUT2D eigenvalue weighted by molar-refractivity contribution is -0.0764. The summed E-state index contributed by atoms with van der Waals surface area (Å²) in [5, 5.41) is 9.35. The fraction of sp³-hybridized carbons (Fsp3) is 0.929. The maximum absolute atomic E-state index is 13.7. The van der Waals surface area contributed by atoms with Gasteiger partial charge in [-0.1, -0.05) is 0 Å². The van der Waals surface area contributed by atoms with Crippen molar-refractivity contribution in [2.24, 2.45) is 5.92 Å². The Morgan fingerprint density at radius 2 is 1.89 bits per heavy atom. The van der Waals surface area contributed by atoms with Gasteiger partial charge < -0.3 is 4.74 Å². The van der Waals surface area contributed by atoms with Crippen molar-refractivity contribution < 1.29 is 13.3 Å². The average Bonchev–Trinajstić information content (AvgIpc) is 2.39. The molecule has 0 bridgehead atoms. The summed E-state index contributed by atoms with van der Waals surface area (Å²) in [6.45, 7) is 0. The van der Waals surface area contributed by atoms with Crippen LogP contribution in [0, 0.1) is 17.2 Å². The lowest BCUT2D eigenvalue weighted by Gasteiger charge is -2.35. The molecule has 0 saturated heterocycles. The monoisotopic (exact) mass is 287 g/mol. The molecule has 5 heteroatoms. The van der Waals surface area contributed by atoms with Crippen molar-refractivity contribution in [2.45, 2.75) is 68.6 Å². The molecule has 0 radical (unpaired) electrons. The van der Waals surface area contributed by atoms with Crippen LogP contribution in [-0.4, -0.2) is 34.1 Å². The number of hydrogen-bond donors (Lipinski definition) is 0. The van der Waals surface area contributed by atoms with Crippen LogP contribution in [0.15, 0.2) is 0 Å².